The summed E-state index contributed by atoms with van der Waals surface area (Å²) in [6, 6.07) is 17.3. The highest BCUT2D eigenvalue weighted by molar-refractivity contribution is 5.78. The van der Waals surface area contributed by atoms with E-state index < -0.39 is 0 Å². The summed E-state index contributed by atoms with van der Waals surface area (Å²) in [4.78, 5) is 17.2. The summed E-state index contributed by atoms with van der Waals surface area (Å²) in [5.74, 6) is 0.124. The first-order chi connectivity index (χ1) is 13.7. The van der Waals surface area contributed by atoms with Crippen LogP contribution in [0, 0.1) is 0 Å². The lowest BCUT2D eigenvalue weighted by Gasteiger charge is -2.35. The maximum absolute atomic E-state index is 12.6. The molecule has 0 bridgehead atoms. The minimum absolute atomic E-state index is 0.0605. The van der Waals surface area contributed by atoms with Crippen LogP contribution in [0.3, 0.4) is 0 Å². The molecule has 2 aromatic rings. The Morgan fingerprint density at radius 1 is 0.964 bits per heavy atom. The summed E-state index contributed by atoms with van der Waals surface area (Å²) in [6.07, 6.45) is 4.96. The second-order valence-corrected chi connectivity index (χ2v) is 8.12. The number of carbonyl (C=O) groups excluding carboxylic acids is 1. The molecule has 0 unspecified atom stereocenters. The first-order valence-electron chi connectivity index (χ1n) is 10.6. The Bertz CT molecular complexity index is 797. The molecule has 28 heavy (non-hydrogen) atoms. The number of para-hydroxylation sites is 1. The number of carbonyl (C=O) groups is 1. The number of anilines is 1. The van der Waals surface area contributed by atoms with Crippen molar-refractivity contribution in [2.24, 2.45) is 0 Å². The van der Waals surface area contributed by atoms with Crippen molar-refractivity contribution < 1.29 is 4.79 Å². The van der Waals surface area contributed by atoms with Gasteiger partial charge in [-0.25, -0.2) is 0 Å². The third kappa shape index (κ3) is 4.56. The largest absolute Gasteiger partial charge is 0.369 e. The molecule has 1 amide bonds. The average Bonchev–Trinajstić information content (AvgIpc) is 2.74. The van der Waals surface area contributed by atoms with Gasteiger partial charge >= 0.3 is 0 Å². The fraction of sp³-hybridized carbons (Fsp3) is 0.458. The van der Waals surface area contributed by atoms with Gasteiger partial charge in [-0.2, -0.15) is 0 Å². The van der Waals surface area contributed by atoms with Crippen LogP contribution in [0.25, 0.3) is 0 Å². The lowest BCUT2D eigenvalue weighted by molar-refractivity contribution is -0.123. The zero-order valence-corrected chi connectivity index (χ0v) is 16.9. The van der Waals surface area contributed by atoms with E-state index in [2.05, 4.69) is 64.5 Å². The number of piperazine rings is 1. The molecule has 4 heteroatoms. The van der Waals surface area contributed by atoms with Gasteiger partial charge in [-0.15, -0.1) is 0 Å². The molecule has 0 spiro atoms. The van der Waals surface area contributed by atoms with Gasteiger partial charge < -0.3 is 10.2 Å². The van der Waals surface area contributed by atoms with Crippen LogP contribution in [0.5, 0.6) is 0 Å². The van der Waals surface area contributed by atoms with Crippen LogP contribution < -0.4 is 10.2 Å². The molecule has 0 radical (unpaired) electrons. The van der Waals surface area contributed by atoms with Crippen LogP contribution in [0.15, 0.2) is 48.5 Å². The molecule has 2 aliphatic rings. The number of nitrogens with one attached hydrogen (secondary N) is 1. The number of hydrogen-bond donors (Lipinski definition) is 1. The molecule has 1 aliphatic heterocycles. The molecule has 4 nitrogen and oxygen atoms in total. The fourth-order valence-corrected chi connectivity index (χ4v) is 4.40. The van der Waals surface area contributed by atoms with Gasteiger partial charge in [-0.3, -0.25) is 9.69 Å². The molecule has 0 aromatic heterocycles. The summed E-state index contributed by atoms with van der Waals surface area (Å²) in [5.41, 5.74) is 5.46. The smallest absolute Gasteiger partial charge is 0.234 e. The van der Waals surface area contributed by atoms with Crippen molar-refractivity contribution in [3.05, 3.63) is 65.2 Å². The monoisotopic (exact) mass is 377 g/mol. The molecule has 1 N–H and O–H groups in total. The zero-order chi connectivity index (χ0) is 19.3. The Labute approximate surface area is 168 Å². The van der Waals surface area contributed by atoms with E-state index in [0.717, 1.165) is 26.2 Å². The molecule has 2 aromatic carbocycles. The maximum atomic E-state index is 12.6. The highest BCUT2D eigenvalue weighted by Crippen LogP contribution is 2.24. The lowest BCUT2D eigenvalue weighted by atomic mass is 9.89. The minimum Gasteiger partial charge on any atom is -0.369 e. The Morgan fingerprint density at radius 3 is 2.43 bits per heavy atom. The first kappa shape index (κ1) is 19.0. The number of amides is 1. The second kappa shape index (κ2) is 8.78. The summed E-state index contributed by atoms with van der Waals surface area (Å²) >= 11 is 0. The van der Waals surface area contributed by atoms with E-state index in [1.807, 2.05) is 6.07 Å². The van der Waals surface area contributed by atoms with E-state index in [9.17, 15) is 4.79 Å². The van der Waals surface area contributed by atoms with Crippen LogP contribution in [0.1, 0.15) is 42.5 Å². The summed E-state index contributed by atoms with van der Waals surface area (Å²) in [7, 11) is 0. The second-order valence-electron chi connectivity index (χ2n) is 8.12. The molecular weight excluding hydrogens is 346 g/mol. The number of hydrogen-bond acceptors (Lipinski definition) is 3. The molecule has 1 heterocycles. The highest BCUT2D eigenvalue weighted by Gasteiger charge is 2.20. The van der Waals surface area contributed by atoms with Crippen LogP contribution in [0.2, 0.25) is 0 Å². The molecule has 1 atom stereocenters. The van der Waals surface area contributed by atoms with Crippen molar-refractivity contribution in [3.63, 3.8) is 0 Å². The van der Waals surface area contributed by atoms with Gasteiger partial charge in [0.2, 0.25) is 5.91 Å². The standard InChI is InChI=1S/C24H31N3O/c1-19(21-12-11-20-7-5-6-8-22(20)17-21)25-24(28)18-26-13-15-27(16-14-26)23-9-3-2-4-10-23/h2-4,9-12,17,19H,5-8,13-16,18H2,1H3,(H,25,28)/t19-/m1/s1. The summed E-state index contributed by atoms with van der Waals surface area (Å²) < 4.78 is 0. The zero-order valence-electron chi connectivity index (χ0n) is 16.9. The molecule has 148 valence electrons. The average molecular weight is 378 g/mol. The fourth-order valence-electron chi connectivity index (χ4n) is 4.40. The number of nitrogens with zero attached hydrogens (tertiary/aromatic N) is 2. The van der Waals surface area contributed by atoms with E-state index in [1.54, 1.807) is 0 Å². The topological polar surface area (TPSA) is 35.6 Å². The molecule has 1 fully saturated rings. The SMILES string of the molecule is C[C@@H](NC(=O)CN1CCN(c2ccccc2)CC1)c1ccc2c(c1)CCCC2. The quantitative estimate of drug-likeness (QED) is 0.865. The summed E-state index contributed by atoms with van der Waals surface area (Å²) in [6.45, 7) is 6.37. The number of rotatable bonds is 5. The van der Waals surface area contributed by atoms with Gasteiger partial charge in [0.25, 0.3) is 0 Å². The van der Waals surface area contributed by atoms with Gasteiger partial charge in [0, 0.05) is 31.9 Å². The van der Waals surface area contributed by atoms with Crippen molar-refractivity contribution in [2.45, 2.75) is 38.6 Å². The van der Waals surface area contributed by atoms with Crippen LogP contribution in [-0.4, -0.2) is 43.5 Å². The Kier molecular flexibility index (Phi) is 5.96. The Morgan fingerprint density at radius 2 is 1.68 bits per heavy atom. The Balaban J connectivity index is 1.27. The Hall–Kier alpha value is -2.33. The molecule has 1 aliphatic carbocycles. The van der Waals surface area contributed by atoms with Gasteiger partial charge in [0.15, 0.2) is 0 Å². The first-order valence-corrected chi connectivity index (χ1v) is 10.6. The van der Waals surface area contributed by atoms with Crippen molar-refractivity contribution in [1.29, 1.82) is 0 Å². The third-order valence-corrected chi connectivity index (χ3v) is 6.11. The highest BCUT2D eigenvalue weighted by atomic mass is 16.2. The van der Waals surface area contributed by atoms with Crippen molar-refractivity contribution >= 4 is 11.6 Å². The lowest BCUT2D eigenvalue weighted by Crippen LogP contribution is -2.49. The molecule has 0 saturated carbocycles. The molecule has 4 rings (SSSR count). The summed E-state index contributed by atoms with van der Waals surface area (Å²) in [5, 5.41) is 3.20. The number of fused-ring (bicyclic) bond motifs is 1. The van der Waals surface area contributed by atoms with E-state index in [-0.39, 0.29) is 11.9 Å². The van der Waals surface area contributed by atoms with Gasteiger partial charge in [-0.1, -0.05) is 36.4 Å². The number of benzene rings is 2. The van der Waals surface area contributed by atoms with Crippen LogP contribution >= 0.6 is 0 Å². The predicted molar refractivity (Wildman–Crippen MR) is 115 cm³/mol. The maximum Gasteiger partial charge on any atom is 0.234 e. The number of aryl methyl sites for hydroxylation is 2. The molecule has 1 saturated heterocycles. The predicted octanol–water partition coefficient (Wildman–Crippen LogP) is 3.56. The van der Waals surface area contributed by atoms with Gasteiger partial charge in [0.05, 0.1) is 12.6 Å². The van der Waals surface area contributed by atoms with Crippen molar-refractivity contribution in [1.82, 2.24) is 10.2 Å². The third-order valence-electron chi connectivity index (χ3n) is 6.11. The van der Waals surface area contributed by atoms with Crippen molar-refractivity contribution in [3.8, 4) is 0 Å². The molecular formula is C24H31N3O. The van der Waals surface area contributed by atoms with Gasteiger partial charge in [0.1, 0.15) is 0 Å². The van der Waals surface area contributed by atoms with Crippen LogP contribution in [-0.2, 0) is 17.6 Å². The van der Waals surface area contributed by atoms with E-state index in [1.165, 1.54) is 48.1 Å². The van der Waals surface area contributed by atoms with E-state index in [0.29, 0.717) is 6.54 Å². The van der Waals surface area contributed by atoms with E-state index in [4.69, 9.17) is 0 Å². The van der Waals surface area contributed by atoms with Crippen LogP contribution in [0.4, 0.5) is 5.69 Å². The van der Waals surface area contributed by atoms with E-state index >= 15 is 0 Å². The minimum atomic E-state index is 0.0605. The van der Waals surface area contributed by atoms with Crippen molar-refractivity contribution in [2.75, 3.05) is 37.6 Å². The normalized spacial score (nSPS) is 18.4. The van der Waals surface area contributed by atoms with Gasteiger partial charge in [-0.05, 0) is 61.4 Å².